The predicted molar refractivity (Wildman–Crippen MR) is 55.7 cm³/mol. The van der Waals surface area contributed by atoms with E-state index < -0.39 is 5.97 Å². The summed E-state index contributed by atoms with van der Waals surface area (Å²) < 4.78 is 0. The first-order chi connectivity index (χ1) is 7.18. The van der Waals surface area contributed by atoms with Crippen molar-refractivity contribution in [1.82, 2.24) is 10.3 Å². The predicted octanol–water partition coefficient (Wildman–Crippen LogP) is 0.778. The highest BCUT2D eigenvalue weighted by Gasteiger charge is 2.34. The molecule has 1 aliphatic rings. The summed E-state index contributed by atoms with van der Waals surface area (Å²) in [6, 6.07) is 5.75. The SMILES string of the molecule is Cc1cccc(C2CNCC2C(=O)O)n1. The molecule has 4 nitrogen and oxygen atoms in total. The van der Waals surface area contributed by atoms with E-state index in [1.165, 1.54) is 0 Å². The van der Waals surface area contributed by atoms with E-state index in [9.17, 15) is 4.79 Å². The second-order valence-electron chi connectivity index (χ2n) is 3.91. The number of carboxylic acids is 1. The summed E-state index contributed by atoms with van der Waals surface area (Å²) in [4.78, 5) is 15.4. The lowest BCUT2D eigenvalue weighted by Gasteiger charge is -2.14. The molecule has 2 rings (SSSR count). The average Bonchev–Trinajstić information content (AvgIpc) is 2.65. The Morgan fingerprint density at radius 3 is 3.00 bits per heavy atom. The van der Waals surface area contributed by atoms with Crippen molar-refractivity contribution in [3.63, 3.8) is 0 Å². The molecule has 80 valence electrons. The van der Waals surface area contributed by atoms with Gasteiger partial charge in [0, 0.05) is 30.4 Å². The van der Waals surface area contributed by atoms with Crippen LogP contribution in [-0.2, 0) is 4.79 Å². The number of carbonyl (C=O) groups is 1. The highest BCUT2D eigenvalue weighted by atomic mass is 16.4. The van der Waals surface area contributed by atoms with Crippen molar-refractivity contribution >= 4 is 5.97 Å². The largest absolute Gasteiger partial charge is 0.481 e. The molecule has 1 aliphatic heterocycles. The molecule has 4 heteroatoms. The molecule has 0 spiro atoms. The summed E-state index contributed by atoms with van der Waals surface area (Å²) >= 11 is 0. The van der Waals surface area contributed by atoms with E-state index in [0.29, 0.717) is 13.1 Å². The van der Waals surface area contributed by atoms with Gasteiger partial charge in [0.2, 0.25) is 0 Å². The molecular formula is C11H14N2O2. The zero-order valence-corrected chi connectivity index (χ0v) is 8.60. The number of carboxylic acid groups (broad SMARTS) is 1. The Hall–Kier alpha value is -1.42. The fourth-order valence-electron chi connectivity index (χ4n) is 2.02. The van der Waals surface area contributed by atoms with Crippen molar-refractivity contribution in [2.75, 3.05) is 13.1 Å². The van der Waals surface area contributed by atoms with Crippen LogP contribution in [0.1, 0.15) is 17.3 Å². The maximum Gasteiger partial charge on any atom is 0.308 e. The van der Waals surface area contributed by atoms with Gasteiger partial charge in [-0.2, -0.15) is 0 Å². The molecule has 0 bridgehead atoms. The van der Waals surface area contributed by atoms with Crippen LogP contribution in [0.25, 0.3) is 0 Å². The van der Waals surface area contributed by atoms with Gasteiger partial charge in [0.25, 0.3) is 0 Å². The van der Waals surface area contributed by atoms with Gasteiger partial charge in [0.1, 0.15) is 0 Å². The minimum absolute atomic E-state index is 0.00222. The summed E-state index contributed by atoms with van der Waals surface area (Å²) in [5.74, 6) is -1.09. The maximum absolute atomic E-state index is 11.0. The summed E-state index contributed by atoms with van der Waals surface area (Å²) in [7, 11) is 0. The zero-order valence-electron chi connectivity index (χ0n) is 8.60. The third kappa shape index (κ3) is 1.99. The van der Waals surface area contributed by atoms with Gasteiger partial charge in [-0.15, -0.1) is 0 Å². The normalized spacial score (nSPS) is 25.4. The summed E-state index contributed by atoms with van der Waals surface area (Å²) in [6.07, 6.45) is 0. The minimum Gasteiger partial charge on any atom is -0.481 e. The van der Waals surface area contributed by atoms with Gasteiger partial charge in [-0.1, -0.05) is 6.07 Å². The van der Waals surface area contributed by atoms with Crippen LogP contribution in [0.5, 0.6) is 0 Å². The van der Waals surface area contributed by atoms with Gasteiger partial charge in [-0.25, -0.2) is 0 Å². The standard InChI is InChI=1S/C11H14N2O2/c1-7-3-2-4-10(13-7)8-5-12-6-9(8)11(14)15/h2-4,8-9,12H,5-6H2,1H3,(H,14,15). The maximum atomic E-state index is 11.0. The minimum atomic E-state index is -0.742. The first-order valence-corrected chi connectivity index (χ1v) is 5.05. The number of hydrogen-bond donors (Lipinski definition) is 2. The number of hydrogen-bond acceptors (Lipinski definition) is 3. The Bertz CT molecular complexity index is 379. The van der Waals surface area contributed by atoms with Gasteiger partial charge in [-0.3, -0.25) is 9.78 Å². The topological polar surface area (TPSA) is 62.2 Å². The number of nitrogens with zero attached hydrogens (tertiary/aromatic N) is 1. The molecule has 1 aromatic rings. The van der Waals surface area contributed by atoms with Crippen molar-refractivity contribution in [3.8, 4) is 0 Å². The quantitative estimate of drug-likeness (QED) is 0.750. The van der Waals surface area contributed by atoms with Crippen LogP contribution in [0.2, 0.25) is 0 Å². The monoisotopic (exact) mass is 206 g/mol. The molecule has 0 aliphatic carbocycles. The molecule has 2 atom stereocenters. The molecule has 0 saturated carbocycles. The fourth-order valence-corrected chi connectivity index (χ4v) is 2.02. The van der Waals surface area contributed by atoms with E-state index in [0.717, 1.165) is 11.4 Å². The summed E-state index contributed by atoms with van der Waals surface area (Å²) in [5, 5.41) is 12.1. The summed E-state index contributed by atoms with van der Waals surface area (Å²) in [5.41, 5.74) is 1.82. The lowest BCUT2D eigenvalue weighted by atomic mass is 9.92. The summed E-state index contributed by atoms with van der Waals surface area (Å²) in [6.45, 7) is 3.16. The molecule has 1 aromatic heterocycles. The smallest absolute Gasteiger partial charge is 0.308 e. The van der Waals surface area contributed by atoms with Gasteiger partial charge >= 0.3 is 5.97 Å². The van der Waals surface area contributed by atoms with Crippen molar-refractivity contribution in [1.29, 1.82) is 0 Å². The van der Waals surface area contributed by atoms with Gasteiger partial charge < -0.3 is 10.4 Å². The van der Waals surface area contributed by atoms with E-state index in [1.54, 1.807) is 0 Å². The van der Waals surface area contributed by atoms with E-state index in [-0.39, 0.29) is 11.8 Å². The van der Waals surface area contributed by atoms with Crippen LogP contribution >= 0.6 is 0 Å². The molecular weight excluding hydrogens is 192 g/mol. The van der Waals surface area contributed by atoms with Crippen LogP contribution in [0.3, 0.4) is 0 Å². The second-order valence-corrected chi connectivity index (χ2v) is 3.91. The molecule has 0 radical (unpaired) electrons. The number of aryl methyl sites for hydroxylation is 1. The van der Waals surface area contributed by atoms with Crippen LogP contribution in [-0.4, -0.2) is 29.1 Å². The lowest BCUT2D eigenvalue weighted by molar-refractivity contribution is -0.141. The molecule has 1 fully saturated rings. The van der Waals surface area contributed by atoms with Gasteiger partial charge in [0.05, 0.1) is 5.92 Å². The first kappa shape index (κ1) is 10.1. The Kier molecular flexibility index (Phi) is 2.68. The number of pyridine rings is 1. The molecule has 2 N–H and O–H groups in total. The molecule has 2 unspecified atom stereocenters. The number of nitrogens with one attached hydrogen (secondary N) is 1. The van der Waals surface area contributed by atoms with E-state index in [1.807, 2.05) is 25.1 Å². The third-order valence-corrected chi connectivity index (χ3v) is 2.82. The number of rotatable bonds is 2. The number of aliphatic carboxylic acids is 1. The highest BCUT2D eigenvalue weighted by molar-refractivity contribution is 5.72. The molecule has 0 aromatic carbocycles. The van der Waals surface area contributed by atoms with Crippen LogP contribution < -0.4 is 5.32 Å². The molecule has 15 heavy (non-hydrogen) atoms. The Labute approximate surface area is 88.3 Å². The first-order valence-electron chi connectivity index (χ1n) is 5.05. The van der Waals surface area contributed by atoms with E-state index >= 15 is 0 Å². The van der Waals surface area contributed by atoms with Crippen molar-refractivity contribution in [2.24, 2.45) is 5.92 Å². The molecule has 2 heterocycles. The molecule has 1 saturated heterocycles. The van der Waals surface area contributed by atoms with Crippen LogP contribution in [0, 0.1) is 12.8 Å². The fraction of sp³-hybridized carbons (Fsp3) is 0.455. The van der Waals surface area contributed by atoms with Gasteiger partial charge in [0.15, 0.2) is 0 Å². The number of aromatic nitrogens is 1. The second kappa shape index (κ2) is 3.98. The average molecular weight is 206 g/mol. The third-order valence-electron chi connectivity index (χ3n) is 2.82. The van der Waals surface area contributed by atoms with Gasteiger partial charge in [-0.05, 0) is 19.1 Å². The van der Waals surface area contributed by atoms with Crippen LogP contribution in [0.15, 0.2) is 18.2 Å². The van der Waals surface area contributed by atoms with Crippen LogP contribution in [0.4, 0.5) is 0 Å². The van der Waals surface area contributed by atoms with Crippen molar-refractivity contribution in [2.45, 2.75) is 12.8 Å². The zero-order chi connectivity index (χ0) is 10.8. The highest BCUT2D eigenvalue weighted by Crippen LogP contribution is 2.26. The van der Waals surface area contributed by atoms with Crippen molar-refractivity contribution < 1.29 is 9.90 Å². The Morgan fingerprint density at radius 2 is 2.33 bits per heavy atom. The Balaban J connectivity index is 2.26. The Morgan fingerprint density at radius 1 is 1.53 bits per heavy atom. The lowest BCUT2D eigenvalue weighted by Crippen LogP contribution is -2.21. The van der Waals surface area contributed by atoms with E-state index in [2.05, 4.69) is 10.3 Å². The van der Waals surface area contributed by atoms with Crippen molar-refractivity contribution in [3.05, 3.63) is 29.6 Å². The molecule has 0 amide bonds. The van der Waals surface area contributed by atoms with E-state index in [4.69, 9.17) is 5.11 Å².